The van der Waals surface area contributed by atoms with Crippen LogP contribution in [-0.4, -0.2) is 34.9 Å². The molecular formula is C31H52O5. The lowest BCUT2D eigenvalue weighted by Gasteiger charge is -2.65. The second-order valence-electron chi connectivity index (χ2n) is 14.1. The summed E-state index contributed by atoms with van der Waals surface area (Å²) in [5, 5.41) is 12.3. The van der Waals surface area contributed by atoms with Crippen molar-refractivity contribution in [2.24, 2.45) is 46.3 Å². The third-order valence-corrected chi connectivity index (χ3v) is 11.6. The summed E-state index contributed by atoms with van der Waals surface area (Å²) < 4.78 is 11.5. The van der Waals surface area contributed by atoms with Crippen LogP contribution in [0.1, 0.15) is 119 Å². The van der Waals surface area contributed by atoms with Gasteiger partial charge >= 0.3 is 11.9 Å². The topological polar surface area (TPSA) is 72.8 Å². The first-order chi connectivity index (χ1) is 16.8. The van der Waals surface area contributed by atoms with E-state index in [0.29, 0.717) is 29.6 Å². The predicted octanol–water partition coefficient (Wildman–Crippen LogP) is 6.70. The number of rotatable bonds is 7. The first kappa shape index (κ1) is 27.9. The lowest BCUT2D eigenvalue weighted by atomic mass is 9.42. The van der Waals surface area contributed by atoms with Crippen LogP contribution < -0.4 is 0 Å². The molecule has 4 aliphatic carbocycles. The second-order valence-corrected chi connectivity index (χ2v) is 14.1. The minimum atomic E-state index is -1.16. The summed E-state index contributed by atoms with van der Waals surface area (Å²) >= 11 is 0. The average Bonchev–Trinajstić information content (AvgIpc) is 3.12. The van der Waals surface area contributed by atoms with Gasteiger partial charge in [-0.3, -0.25) is 9.59 Å². The molecule has 0 bridgehead atoms. The van der Waals surface area contributed by atoms with Crippen LogP contribution in [0.5, 0.6) is 0 Å². The van der Waals surface area contributed by atoms with Gasteiger partial charge in [0.25, 0.3) is 0 Å². The van der Waals surface area contributed by atoms with Crippen molar-refractivity contribution in [1.29, 1.82) is 0 Å². The first-order valence-corrected chi connectivity index (χ1v) is 14.9. The normalized spacial score (nSPS) is 44.8. The molecule has 4 aliphatic rings. The number of carbonyl (C=O) groups is 2. The Bertz CT molecular complexity index is 824. The molecule has 0 heterocycles. The van der Waals surface area contributed by atoms with E-state index in [1.54, 1.807) is 0 Å². The molecule has 5 heteroatoms. The molecule has 1 N–H and O–H groups in total. The van der Waals surface area contributed by atoms with E-state index < -0.39 is 11.7 Å². The second kappa shape index (κ2) is 10.2. The van der Waals surface area contributed by atoms with Crippen LogP contribution in [0, 0.1) is 46.3 Å². The molecule has 36 heavy (non-hydrogen) atoms. The van der Waals surface area contributed by atoms with Gasteiger partial charge in [-0.25, -0.2) is 0 Å². The van der Waals surface area contributed by atoms with Crippen LogP contribution in [0.4, 0.5) is 0 Å². The van der Waals surface area contributed by atoms with Gasteiger partial charge in [0.15, 0.2) is 0 Å². The summed E-state index contributed by atoms with van der Waals surface area (Å²) in [6, 6.07) is 0. The van der Waals surface area contributed by atoms with Crippen molar-refractivity contribution < 1.29 is 24.2 Å². The highest BCUT2D eigenvalue weighted by Gasteiger charge is 2.68. The van der Waals surface area contributed by atoms with Gasteiger partial charge in [0.2, 0.25) is 0 Å². The number of aliphatic hydroxyl groups is 1. The van der Waals surface area contributed by atoms with Crippen molar-refractivity contribution in [3.8, 4) is 0 Å². The van der Waals surface area contributed by atoms with Crippen molar-refractivity contribution in [2.75, 3.05) is 0 Å². The Morgan fingerprint density at radius 3 is 2.25 bits per heavy atom. The van der Waals surface area contributed by atoms with Gasteiger partial charge in [0.05, 0.1) is 0 Å². The molecule has 4 saturated carbocycles. The molecule has 0 aromatic heterocycles. The summed E-state index contributed by atoms with van der Waals surface area (Å²) in [6.45, 7) is 14.8. The van der Waals surface area contributed by atoms with E-state index >= 15 is 0 Å². The number of fused-ring (bicyclic) bond motifs is 5. The monoisotopic (exact) mass is 504 g/mol. The zero-order valence-corrected chi connectivity index (χ0v) is 24.0. The van der Waals surface area contributed by atoms with Gasteiger partial charge in [-0.05, 0) is 85.9 Å². The van der Waals surface area contributed by atoms with E-state index in [1.807, 2.05) is 0 Å². The molecule has 0 aliphatic heterocycles. The molecular weight excluding hydrogens is 452 g/mol. The van der Waals surface area contributed by atoms with Crippen LogP contribution in [0.25, 0.3) is 0 Å². The Labute approximate surface area is 219 Å². The summed E-state index contributed by atoms with van der Waals surface area (Å²) in [6.07, 6.45) is 10.7. The van der Waals surface area contributed by atoms with E-state index in [9.17, 15) is 14.7 Å². The maximum atomic E-state index is 12.3. The Morgan fingerprint density at radius 1 is 0.917 bits per heavy atom. The van der Waals surface area contributed by atoms with Crippen molar-refractivity contribution in [1.82, 2.24) is 0 Å². The molecule has 206 valence electrons. The molecule has 10 atom stereocenters. The predicted molar refractivity (Wildman–Crippen MR) is 141 cm³/mol. The molecule has 0 amide bonds. The van der Waals surface area contributed by atoms with E-state index in [1.165, 1.54) is 52.4 Å². The summed E-state index contributed by atoms with van der Waals surface area (Å²) in [5.74, 6) is 3.15. The Kier molecular flexibility index (Phi) is 7.93. The van der Waals surface area contributed by atoms with Crippen molar-refractivity contribution >= 4 is 11.9 Å². The molecule has 0 radical (unpaired) electrons. The Hall–Kier alpha value is -1.10. The summed E-state index contributed by atoms with van der Waals surface area (Å²) in [5.41, 5.74) is -1.16. The first-order valence-electron chi connectivity index (χ1n) is 14.9. The van der Waals surface area contributed by atoms with E-state index in [4.69, 9.17) is 9.47 Å². The van der Waals surface area contributed by atoms with E-state index in [2.05, 4.69) is 34.6 Å². The SMILES string of the molecule is CC(=O)OC1CCC2(C)C3CCC4(C)C(C(C)CCCC(C)C)CCC4C3CC(OC(C)=O)[C@@]2(O)C1. The third-order valence-electron chi connectivity index (χ3n) is 11.6. The smallest absolute Gasteiger partial charge is 0.303 e. The van der Waals surface area contributed by atoms with Crippen LogP contribution in [0.3, 0.4) is 0 Å². The number of esters is 2. The standard InChI is InChI=1S/C31H52O5/c1-19(2)9-8-10-20(3)25-11-12-26-24-17-28(36-22(5)33)31(34)18-23(35-21(4)32)13-16-30(31,7)27(24)14-15-29(25,26)6/h19-20,23-28,34H,8-18H2,1-7H3/t20?,23?,24?,25?,26?,27?,28?,29?,30?,31-/m0/s1. The minimum Gasteiger partial charge on any atom is -0.462 e. The fraction of sp³-hybridized carbons (Fsp3) is 0.935. The Morgan fingerprint density at radius 2 is 1.61 bits per heavy atom. The van der Waals surface area contributed by atoms with Crippen LogP contribution in [0.2, 0.25) is 0 Å². The quantitative estimate of drug-likeness (QED) is 0.391. The summed E-state index contributed by atoms with van der Waals surface area (Å²) in [7, 11) is 0. The zero-order valence-electron chi connectivity index (χ0n) is 24.0. The van der Waals surface area contributed by atoms with Gasteiger partial charge in [0.1, 0.15) is 17.8 Å². The van der Waals surface area contributed by atoms with Gasteiger partial charge in [-0.2, -0.15) is 0 Å². The lowest BCUT2D eigenvalue weighted by Crippen LogP contribution is -2.69. The lowest BCUT2D eigenvalue weighted by molar-refractivity contribution is -0.271. The third kappa shape index (κ3) is 4.76. The zero-order chi connectivity index (χ0) is 26.5. The van der Waals surface area contributed by atoms with Gasteiger partial charge in [0, 0.05) is 25.7 Å². The molecule has 4 fully saturated rings. The van der Waals surface area contributed by atoms with Crippen LogP contribution >= 0.6 is 0 Å². The maximum Gasteiger partial charge on any atom is 0.303 e. The number of hydrogen-bond donors (Lipinski definition) is 1. The highest BCUT2D eigenvalue weighted by Crippen LogP contribution is 2.69. The average molecular weight is 505 g/mol. The fourth-order valence-electron chi connectivity index (χ4n) is 9.92. The van der Waals surface area contributed by atoms with Gasteiger partial charge in [-0.1, -0.05) is 53.9 Å². The Balaban J connectivity index is 1.59. The number of ether oxygens (including phenoxy) is 2. The van der Waals surface area contributed by atoms with Crippen molar-refractivity contribution in [3.05, 3.63) is 0 Å². The molecule has 4 rings (SSSR count). The van der Waals surface area contributed by atoms with E-state index in [0.717, 1.165) is 43.4 Å². The molecule has 5 nitrogen and oxygen atoms in total. The number of carbonyl (C=O) groups excluding carboxylic acids is 2. The fourth-order valence-corrected chi connectivity index (χ4v) is 9.92. The molecule has 0 aromatic carbocycles. The molecule has 0 aromatic rings. The van der Waals surface area contributed by atoms with Crippen molar-refractivity contribution in [3.63, 3.8) is 0 Å². The summed E-state index contributed by atoms with van der Waals surface area (Å²) in [4.78, 5) is 23.9. The van der Waals surface area contributed by atoms with Crippen LogP contribution in [-0.2, 0) is 19.1 Å². The van der Waals surface area contributed by atoms with E-state index in [-0.39, 0.29) is 23.5 Å². The highest BCUT2D eigenvalue weighted by molar-refractivity contribution is 5.66. The van der Waals surface area contributed by atoms with Gasteiger partial charge in [-0.15, -0.1) is 0 Å². The highest BCUT2D eigenvalue weighted by atomic mass is 16.6. The van der Waals surface area contributed by atoms with Crippen LogP contribution in [0.15, 0.2) is 0 Å². The van der Waals surface area contributed by atoms with Gasteiger partial charge < -0.3 is 14.6 Å². The van der Waals surface area contributed by atoms with Crippen molar-refractivity contribution in [2.45, 2.75) is 137 Å². The largest absolute Gasteiger partial charge is 0.462 e. The molecule has 0 spiro atoms. The number of hydrogen-bond acceptors (Lipinski definition) is 5. The molecule has 0 saturated heterocycles. The molecule has 9 unspecified atom stereocenters. The maximum absolute atomic E-state index is 12.3. The minimum absolute atomic E-state index is 0.308.